The van der Waals surface area contributed by atoms with Crippen molar-refractivity contribution in [3.05, 3.63) is 71.1 Å². The molecule has 3 aromatic rings. The van der Waals surface area contributed by atoms with Gasteiger partial charge in [0.25, 0.3) is 0 Å². The zero-order valence-electron chi connectivity index (χ0n) is 15.9. The molecule has 0 unspecified atom stereocenters. The molecular weight excluding hydrogens is 369 g/mol. The fourth-order valence-electron chi connectivity index (χ4n) is 2.90. The summed E-state index contributed by atoms with van der Waals surface area (Å²) in [5.41, 5.74) is 1.53. The molecule has 148 valence electrons. The second kappa shape index (κ2) is 8.06. The Kier molecular flexibility index (Phi) is 5.74. The molecule has 0 aliphatic heterocycles. The standard InChI is InChI=1S/C21H21F3N2O2/c1-14-19(25-20(28-14)16-7-9-18(27-3)10-8-16)13-26(2)12-15-5-4-6-17(11-15)21(22,23)24/h4-11H,12-13H2,1-3H3. The van der Waals surface area contributed by atoms with Gasteiger partial charge in [-0.2, -0.15) is 13.2 Å². The van der Waals surface area contributed by atoms with Crippen LogP contribution in [0.2, 0.25) is 0 Å². The topological polar surface area (TPSA) is 38.5 Å². The number of aryl methyl sites for hydroxylation is 1. The average Bonchev–Trinajstić information content (AvgIpc) is 3.01. The first-order chi connectivity index (χ1) is 13.3. The van der Waals surface area contributed by atoms with Gasteiger partial charge in [-0.15, -0.1) is 0 Å². The fourth-order valence-corrected chi connectivity index (χ4v) is 2.90. The van der Waals surface area contributed by atoms with Crippen molar-refractivity contribution in [2.45, 2.75) is 26.2 Å². The van der Waals surface area contributed by atoms with Crippen molar-refractivity contribution in [1.82, 2.24) is 9.88 Å². The van der Waals surface area contributed by atoms with E-state index in [0.717, 1.165) is 23.1 Å². The molecule has 0 radical (unpaired) electrons. The molecular formula is C21H21F3N2O2. The minimum absolute atomic E-state index is 0.369. The van der Waals surface area contributed by atoms with E-state index in [9.17, 15) is 13.2 Å². The molecule has 0 atom stereocenters. The van der Waals surface area contributed by atoms with E-state index in [1.807, 2.05) is 43.1 Å². The van der Waals surface area contributed by atoms with Gasteiger partial charge in [0.1, 0.15) is 11.5 Å². The van der Waals surface area contributed by atoms with E-state index in [1.54, 1.807) is 13.2 Å². The van der Waals surface area contributed by atoms with E-state index >= 15 is 0 Å². The fraction of sp³-hybridized carbons (Fsp3) is 0.286. The highest BCUT2D eigenvalue weighted by Crippen LogP contribution is 2.30. The van der Waals surface area contributed by atoms with Gasteiger partial charge >= 0.3 is 6.18 Å². The molecule has 0 saturated heterocycles. The molecule has 1 aromatic heterocycles. The van der Waals surface area contributed by atoms with Gasteiger partial charge < -0.3 is 9.15 Å². The highest BCUT2D eigenvalue weighted by Gasteiger charge is 2.30. The molecule has 7 heteroatoms. The van der Waals surface area contributed by atoms with Crippen molar-refractivity contribution in [1.29, 1.82) is 0 Å². The maximum Gasteiger partial charge on any atom is 0.416 e. The van der Waals surface area contributed by atoms with Crippen LogP contribution >= 0.6 is 0 Å². The number of hydrogen-bond donors (Lipinski definition) is 0. The average molecular weight is 390 g/mol. The Morgan fingerprint density at radius 1 is 1.07 bits per heavy atom. The van der Waals surface area contributed by atoms with Crippen LogP contribution in [0.3, 0.4) is 0 Å². The Morgan fingerprint density at radius 2 is 1.79 bits per heavy atom. The molecule has 0 bridgehead atoms. The third-order valence-electron chi connectivity index (χ3n) is 4.36. The normalized spacial score (nSPS) is 11.8. The highest BCUT2D eigenvalue weighted by molar-refractivity contribution is 5.55. The first kappa shape index (κ1) is 19.9. The van der Waals surface area contributed by atoms with Crippen LogP contribution in [-0.2, 0) is 19.3 Å². The lowest BCUT2D eigenvalue weighted by Crippen LogP contribution is -2.18. The molecule has 28 heavy (non-hydrogen) atoms. The number of aromatic nitrogens is 1. The zero-order valence-corrected chi connectivity index (χ0v) is 15.9. The van der Waals surface area contributed by atoms with Crippen LogP contribution in [-0.4, -0.2) is 24.0 Å². The Hall–Kier alpha value is -2.80. The van der Waals surface area contributed by atoms with E-state index in [2.05, 4.69) is 4.98 Å². The number of hydrogen-bond acceptors (Lipinski definition) is 4. The van der Waals surface area contributed by atoms with Gasteiger partial charge in [-0.05, 0) is 49.9 Å². The van der Waals surface area contributed by atoms with Gasteiger partial charge in [0.15, 0.2) is 0 Å². The Bertz CT molecular complexity index is 934. The minimum Gasteiger partial charge on any atom is -0.497 e. The number of alkyl halides is 3. The maximum atomic E-state index is 12.9. The second-order valence-electron chi connectivity index (χ2n) is 6.62. The summed E-state index contributed by atoms with van der Waals surface area (Å²) in [6.07, 6.45) is -4.34. The summed E-state index contributed by atoms with van der Waals surface area (Å²) < 4.78 is 49.5. The monoisotopic (exact) mass is 390 g/mol. The predicted octanol–water partition coefficient (Wildman–Crippen LogP) is 5.31. The molecule has 2 aromatic carbocycles. The lowest BCUT2D eigenvalue weighted by atomic mass is 10.1. The maximum absolute atomic E-state index is 12.9. The minimum atomic E-state index is -4.34. The summed E-state index contributed by atoms with van der Waals surface area (Å²) in [7, 11) is 3.43. The Labute approximate surface area is 161 Å². The van der Waals surface area contributed by atoms with Crippen molar-refractivity contribution in [3.63, 3.8) is 0 Å². The first-order valence-corrected chi connectivity index (χ1v) is 8.71. The number of rotatable bonds is 6. The van der Waals surface area contributed by atoms with E-state index in [0.29, 0.717) is 30.3 Å². The lowest BCUT2D eigenvalue weighted by Gasteiger charge is -2.16. The molecule has 0 saturated carbocycles. The largest absolute Gasteiger partial charge is 0.497 e. The molecule has 0 N–H and O–H groups in total. The number of ether oxygens (including phenoxy) is 1. The SMILES string of the molecule is COc1ccc(-c2nc(CN(C)Cc3cccc(C(F)(F)F)c3)c(C)o2)cc1. The molecule has 0 aliphatic rings. The summed E-state index contributed by atoms with van der Waals surface area (Å²) in [6.45, 7) is 2.66. The molecule has 0 aliphatic carbocycles. The number of halogens is 3. The van der Waals surface area contributed by atoms with E-state index in [1.165, 1.54) is 12.1 Å². The van der Waals surface area contributed by atoms with Gasteiger partial charge in [0.05, 0.1) is 18.4 Å². The van der Waals surface area contributed by atoms with Crippen LogP contribution in [0.15, 0.2) is 52.9 Å². The third-order valence-corrected chi connectivity index (χ3v) is 4.36. The highest BCUT2D eigenvalue weighted by atomic mass is 19.4. The Balaban J connectivity index is 1.70. The third kappa shape index (κ3) is 4.72. The van der Waals surface area contributed by atoms with E-state index < -0.39 is 11.7 Å². The second-order valence-corrected chi connectivity index (χ2v) is 6.62. The van der Waals surface area contributed by atoms with Crippen molar-refractivity contribution >= 4 is 0 Å². The van der Waals surface area contributed by atoms with Crippen molar-refractivity contribution in [2.24, 2.45) is 0 Å². The smallest absolute Gasteiger partial charge is 0.416 e. The summed E-state index contributed by atoms with van der Waals surface area (Å²) >= 11 is 0. The molecule has 3 rings (SSSR count). The van der Waals surface area contributed by atoms with Crippen molar-refractivity contribution in [2.75, 3.05) is 14.2 Å². The Morgan fingerprint density at radius 3 is 2.43 bits per heavy atom. The predicted molar refractivity (Wildman–Crippen MR) is 99.8 cm³/mol. The number of nitrogens with zero attached hydrogens (tertiary/aromatic N) is 2. The molecule has 0 amide bonds. The molecule has 0 fully saturated rings. The molecule has 1 heterocycles. The molecule has 0 spiro atoms. The van der Waals surface area contributed by atoms with Crippen LogP contribution < -0.4 is 4.74 Å². The van der Waals surface area contributed by atoms with Gasteiger partial charge in [0, 0.05) is 18.7 Å². The van der Waals surface area contributed by atoms with E-state index in [-0.39, 0.29) is 0 Å². The van der Waals surface area contributed by atoms with Gasteiger partial charge in [-0.25, -0.2) is 4.98 Å². The van der Waals surface area contributed by atoms with Gasteiger partial charge in [0.2, 0.25) is 5.89 Å². The number of oxazole rings is 1. The van der Waals surface area contributed by atoms with Crippen LogP contribution in [0.1, 0.15) is 22.6 Å². The zero-order chi connectivity index (χ0) is 20.3. The van der Waals surface area contributed by atoms with Crippen molar-refractivity contribution < 1.29 is 22.3 Å². The van der Waals surface area contributed by atoms with Crippen LogP contribution in [0.25, 0.3) is 11.5 Å². The quantitative estimate of drug-likeness (QED) is 0.572. The molecule has 4 nitrogen and oxygen atoms in total. The van der Waals surface area contributed by atoms with E-state index in [4.69, 9.17) is 9.15 Å². The van der Waals surface area contributed by atoms with Crippen LogP contribution in [0.5, 0.6) is 5.75 Å². The summed E-state index contributed by atoms with van der Waals surface area (Å²) in [6, 6.07) is 12.7. The van der Waals surface area contributed by atoms with Crippen LogP contribution in [0.4, 0.5) is 13.2 Å². The van der Waals surface area contributed by atoms with Gasteiger partial charge in [-0.1, -0.05) is 18.2 Å². The first-order valence-electron chi connectivity index (χ1n) is 8.71. The number of benzene rings is 2. The lowest BCUT2D eigenvalue weighted by molar-refractivity contribution is -0.137. The number of methoxy groups -OCH3 is 1. The summed E-state index contributed by atoms with van der Waals surface area (Å²) in [4.78, 5) is 6.45. The summed E-state index contributed by atoms with van der Waals surface area (Å²) in [5.74, 6) is 1.93. The van der Waals surface area contributed by atoms with Crippen molar-refractivity contribution in [3.8, 4) is 17.2 Å². The van der Waals surface area contributed by atoms with Gasteiger partial charge in [-0.3, -0.25) is 4.90 Å². The van der Waals surface area contributed by atoms with Crippen LogP contribution in [0, 0.1) is 6.92 Å². The summed E-state index contributed by atoms with van der Waals surface area (Å²) in [5, 5.41) is 0.